The van der Waals surface area contributed by atoms with Crippen LogP contribution in [-0.2, 0) is 17.8 Å². The van der Waals surface area contributed by atoms with Crippen molar-refractivity contribution in [2.75, 3.05) is 13.1 Å². The molecule has 2 aromatic rings. The van der Waals surface area contributed by atoms with Gasteiger partial charge in [0.15, 0.2) is 0 Å². The first-order chi connectivity index (χ1) is 11.7. The van der Waals surface area contributed by atoms with Crippen molar-refractivity contribution in [2.45, 2.75) is 38.6 Å². The summed E-state index contributed by atoms with van der Waals surface area (Å²) in [5, 5.41) is 7.50. The lowest BCUT2D eigenvalue weighted by Crippen LogP contribution is -2.40. The highest BCUT2D eigenvalue weighted by atomic mass is 19.1. The van der Waals surface area contributed by atoms with Crippen LogP contribution in [-0.4, -0.2) is 38.7 Å². The Morgan fingerprint density at radius 2 is 1.96 bits per heavy atom. The van der Waals surface area contributed by atoms with E-state index in [-0.39, 0.29) is 11.7 Å². The lowest BCUT2D eigenvalue weighted by atomic mass is 9.91. The van der Waals surface area contributed by atoms with E-state index in [1.165, 1.54) is 12.1 Å². The number of hydrogen-bond acceptors (Lipinski definition) is 3. The van der Waals surface area contributed by atoms with Gasteiger partial charge in [0.2, 0.25) is 5.91 Å². The monoisotopic (exact) mass is 330 g/mol. The Hall–Kier alpha value is -2.24. The van der Waals surface area contributed by atoms with Crippen LogP contribution in [0.1, 0.15) is 31.2 Å². The minimum absolute atomic E-state index is 0.193. The molecule has 1 saturated heterocycles. The second-order valence-corrected chi connectivity index (χ2v) is 6.46. The Bertz CT molecular complexity index is 642. The fraction of sp³-hybridized carbons (Fsp3) is 0.500. The van der Waals surface area contributed by atoms with E-state index in [4.69, 9.17) is 0 Å². The molecule has 128 valence electrons. The molecular formula is C18H23FN4O. The fourth-order valence-corrected chi connectivity index (χ4v) is 3.27. The molecule has 1 aliphatic rings. The number of aromatic nitrogens is 3. The molecule has 0 aliphatic carbocycles. The molecule has 1 fully saturated rings. The van der Waals surface area contributed by atoms with E-state index in [0.717, 1.165) is 44.3 Å². The lowest BCUT2D eigenvalue weighted by Gasteiger charge is -2.33. The van der Waals surface area contributed by atoms with Gasteiger partial charge in [-0.05, 0) is 49.3 Å². The number of nitrogens with zero attached hydrogens (tertiary/aromatic N) is 4. The normalized spacial score (nSPS) is 17.9. The third-order valence-electron chi connectivity index (χ3n) is 4.68. The van der Waals surface area contributed by atoms with E-state index in [1.54, 1.807) is 12.7 Å². The zero-order valence-corrected chi connectivity index (χ0v) is 13.8. The molecule has 1 aromatic heterocycles. The van der Waals surface area contributed by atoms with Gasteiger partial charge in [0.05, 0.1) is 0 Å². The highest BCUT2D eigenvalue weighted by Gasteiger charge is 2.23. The van der Waals surface area contributed by atoms with Crippen molar-refractivity contribution in [2.24, 2.45) is 5.92 Å². The van der Waals surface area contributed by atoms with Crippen LogP contribution in [0.15, 0.2) is 36.9 Å². The molecule has 0 N–H and O–H groups in total. The molecular weight excluding hydrogens is 307 g/mol. The van der Waals surface area contributed by atoms with Crippen LogP contribution in [0, 0.1) is 11.7 Å². The molecule has 2 heterocycles. The Labute approximate surface area is 141 Å². The van der Waals surface area contributed by atoms with E-state index in [1.807, 2.05) is 21.6 Å². The fourth-order valence-electron chi connectivity index (χ4n) is 3.27. The van der Waals surface area contributed by atoms with Crippen LogP contribution < -0.4 is 0 Å². The minimum Gasteiger partial charge on any atom is -0.342 e. The highest BCUT2D eigenvalue weighted by Crippen LogP contribution is 2.22. The number of amides is 1. The number of carbonyl (C=O) groups is 1. The molecule has 6 heteroatoms. The summed E-state index contributed by atoms with van der Waals surface area (Å²) in [5.41, 5.74) is 1.16. The summed E-state index contributed by atoms with van der Waals surface area (Å²) in [6.07, 6.45) is 7.96. The smallest absolute Gasteiger partial charge is 0.224 e. The number of halogens is 1. The second kappa shape index (κ2) is 8.04. The average Bonchev–Trinajstić information content (AvgIpc) is 3.13. The Kier molecular flexibility index (Phi) is 5.56. The molecule has 3 rings (SSSR count). The van der Waals surface area contributed by atoms with Crippen molar-refractivity contribution in [3.8, 4) is 0 Å². The van der Waals surface area contributed by atoms with Crippen LogP contribution in [0.5, 0.6) is 0 Å². The van der Waals surface area contributed by atoms with Gasteiger partial charge in [-0.25, -0.2) is 4.39 Å². The first-order valence-electron chi connectivity index (χ1n) is 8.55. The van der Waals surface area contributed by atoms with E-state index in [0.29, 0.717) is 18.9 Å². The highest BCUT2D eigenvalue weighted by molar-refractivity contribution is 5.76. The molecule has 0 saturated carbocycles. The molecule has 1 unspecified atom stereocenters. The topological polar surface area (TPSA) is 51.0 Å². The van der Waals surface area contributed by atoms with Crippen molar-refractivity contribution in [1.82, 2.24) is 19.7 Å². The Morgan fingerprint density at radius 1 is 1.21 bits per heavy atom. The first kappa shape index (κ1) is 16.6. The predicted molar refractivity (Wildman–Crippen MR) is 88.7 cm³/mol. The Balaban J connectivity index is 1.45. The van der Waals surface area contributed by atoms with Gasteiger partial charge in [-0.1, -0.05) is 12.1 Å². The van der Waals surface area contributed by atoms with Crippen molar-refractivity contribution in [3.05, 3.63) is 48.3 Å². The quantitative estimate of drug-likeness (QED) is 0.818. The number of likely N-dealkylation sites (tertiary alicyclic amines) is 1. The van der Waals surface area contributed by atoms with Crippen LogP contribution in [0.2, 0.25) is 0 Å². The summed E-state index contributed by atoms with van der Waals surface area (Å²) < 4.78 is 14.8. The van der Waals surface area contributed by atoms with Crippen molar-refractivity contribution >= 4 is 5.91 Å². The number of carbonyl (C=O) groups excluding carboxylic acids is 1. The van der Waals surface area contributed by atoms with E-state index in [2.05, 4.69) is 10.2 Å². The molecule has 5 nitrogen and oxygen atoms in total. The molecule has 0 bridgehead atoms. The van der Waals surface area contributed by atoms with E-state index in [9.17, 15) is 9.18 Å². The Morgan fingerprint density at radius 3 is 2.71 bits per heavy atom. The second-order valence-electron chi connectivity index (χ2n) is 6.46. The summed E-state index contributed by atoms with van der Waals surface area (Å²) in [4.78, 5) is 14.4. The largest absolute Gasteiger partial charge is 0.342 e. The van der Waals surface area contributed by atoms with Crippen molar-refractivity contribution in [1.29, 1.82) is 0 Å². The van der Waals surface area contributed by atoms with Gasteiger partial charge in [-0.3, -0.25) is 4.79 Å². The third-order valence-corrected chi connectivity index (χ3v) is 4.68. The molecule has 1 aromatic carbocycles. The molecule has 1 atom stereocenters. The molecule has 1 aliphatic heterocycles. The third kappa shape index (κ3) is 4.63. The van der Waals surface area contributed by atoms with Crippen LogP contribution in [0.25, 0.3) is 0 Å². The summed E-state index contributed by atoms with van der Waals surface area (Å²) in [6.45, 7) is 2.32. The van der Waals surface area contributed by atoms with Gasteiger partial charge < -0.3 is 9.47 Å². The number of benzene rings is 1. The van der Waals surface area contributed by atoms with Crippen LogP contribution >= 0.6 is 0 Å². The van der Waals surface area contributed by atoms with Gasteiger partial charge in [-0.15, -0.1) is 10.2 Å². The maximum Gasteiger partial charge on any atom is 0.224 e. The van der Waals surface area contributed by atoms with E-state index >= 15 is 0 Å². The predicted octanol–water partition coefficient (Wildman–Crippen LogP) is 2.68. The number of aryl methyl sites for hydroxylation is 2. The van der Waals surface area contributed by atoms with E-state index < -0.39 is 0 Å². The molecule has 24 heavy (non-hydrogen) atoms. The number of hydrogen-bond donors (Lipinski definition) is 0. The van der Waals surface area contributed by atoms with Gasteiger partial charge in [0.25, 0.3) is 0 Å². The SMILES string of the molecule is O=C(CCn1cnnc1)N1CCCC(CCc2ccc(F)cc2)C1. The summed E-state index contributed by atoms with van der Waals surface area (Å²) >= 11 is 0. The average molecular weight is 330 g/mol. The molecule has 1 amide bonds. The standard InChI is InChI=1S/C18H23FN4O/c19-17-7-5-15(6-8-17)3-4-16-2-1-10-23(12-16)18(24)9-11-22-13-20-21-14-22/h5-8,13-14,16H,1-4,9-12H2. The van der Waals surface area contributed by atoms with Gasteiger partial charge in [-0.2, -0.15) is 0 Å². The van der Waals surface area contributed by atoms with Crippen molar-refractivity contribution in [3.63, 3.8) is 0 Å². The molecule has 0 spiro atoms. The lowest BCUT2D eigenvalue weighted by molar-refractivity contribution is -0.133. The zero-order valence-electron chi connectivity index (χ0n) is 13.8. The summed E-state index contributed by atoms with van der Waals surface area (Å²) in [6, 6.07) is 6.72. The summed E-state index contributed by atoms with van der Waals surface area (Å²) in [5.74, 6) is 0.541. The number of piperidine rings is 1. The van der Waals surface area contributed by atoms with Gasteiger partial charge >= 0.3 is 0 Å². The maximum absolute atomic E-state index is 12.9. The molecule has 0 radical (unpaired) electrons. The van der Waals surface area contributed by atoms with Crippen LogP contribution in [0.3, 0.4) is 0 Å². The summed E-state index contributed by atoms with van der Waals surface area (Å²) in [7, 11) is 0. The van der Waals surface area contributed by atoms with Gasteiger partial charge in [0, 0.05) is 26.1 Å². The van der Waals surface area contributed by atoms with Crippen LogP contribution in [0.4, 0.5) is 4.39 Å². The zero-order chi connectivity index (χ0) is 16.8. The van der Waals surface area contributed by atoms with Crippen molar-refractivity contribution < 1.29 is 9.18 Å². The minimum atomic E-state index is -0.193. The first-order valence-corrected chi connectivity index (χ1v) is 8.55. The number of rotatable bonds is 6. The maximum atomic E-state index is 12.9. The van der Waals surface area contributed by atoms with Gasteiger partial charge in [0.1, 0.15) is 18.5 Å².